The molecule has 3 rings (SSSR count). The Labute approximate surface area is 240 Å². The zero-order valence-electron chi connectivity index (χ0n) is 21.7. The molecule has 4 nitrogen and oxygen atoms in total. The largest absolute Gasteiger partial charge is 0.573 e. The number of aliphatic hydroxyl groups is 1. The van der Waals surface area contributed by atoms with E-state index < -0.39 is 67.5 Å². The van der Waals surface area contributed by atoms with E-state index >= 15 is 0 Å². The lowest BCUT2D eigenvalue weighted by Crippen LogP contribution is -2.50. The fourth-order valence-corrected chi connectivity index (χ4v) is 3.80. The maximum Gasteiger partial charge on any atom is 0.573 e. The zero-order chi connectivity index (χ0) is 33.1. The van der Waals surface area contributed by atoms with E-state index in [0.717, 1.165) is 24.3 Å². The van der Waals surface area contributed by atoms with Crippen molar-refractivity contribution in [1.82, 2.24) is 0 Å². The summed E-state index contributed by atoms with van der Waals surface area (Å²) in [6.07, 6.45) is -20.1. The molecule has 0 aliphatic rings. The zero-order valence-corrected chi connectivity index (χ0v) is 21.7. The summed E-state index contributed by atoms with van der Waals surface area (Å²) in [6, 6.07) is 10.6. The highest BCUT2D eigenvalue weighted by molar-refractivity contribution is 5.59. The Hall–Kier alpha value is -3.89. The summed E-state index contributed by atoms with van der Waals surface area (Å²) in [4.78, 5) is 0. The molecule has 242 valence electrons. The smallest absolute Gasteiger partial charge is 0.489 e. The monoisotopic (exact) mass is 653 g/mol. The molecule has 0 aromatic heterocycles. The van der Waals surface area contributed by atoms with Gasteiger partial charge in [0, 0.05) is 29.8 Å². The Morgan fingerprint density at radius 3 is 1.95 bits per heavy atom. The highest BCUT2D eigenvalue weighted by Gasteiger charge is 2.73. The van der Waals surface area contributed by atoms with E-state index in [1.165, 1.54) is 30.3 Å². The van der Waals surface area contributed by atoms with Crippen LogP contribution in [0, 0.1) is 0 Å². The molecule has 0 heterocycles. The van der Waals surface area contributed by atoms with Gasteiger partial charge < -0.3 is 19.9 Å². The second kappa shape index (κ2) is 12.6. The summed E-state index contributed by atoms with van der Waals surface area (Å²) in [6.45, 7) is -1.58. The summed E-state index contributed by atoms with van der Waals surface area (Å²) in [7, 11) is 0. The van der Waals surface area contributed by atoms with Crippen molar-refractivity contribution in [1.29, 1.82) is 0 Å². The number of anilines is 1. The second-order valence-electron chi connectivity index (χ2n) is 9.23. The van der Waals surface area contributed by atoms with Crippen molar-refractivity contribution in [3.05, 3.63) is 89.0 Å². The number of hydrogen-bond donors (Lipinski definition) is 2. The molecule has 0 saturated heterocycles. The van der Waals surface area contributed by atoms with Gasteiger partial charge in [-0.2, -0.15) is 43.9 Å². The standard InChI is InChI=1S/C27H20F13NO3/c28-23(29,25(33,34)26(35,36)37)17-6-1-4-15(10-17)12-19-20(41-13-22(42)24(30,31)32)8-3-9-21(19)43-14-16-5-2-7-18(11-16)44-27(38,39)40/h1-11,22,41-42H,12-14H2. The lowest BCUT2D eigenvalue weighted by atomic mass is 9.96. The fraction of sp³-hybridized carbons (Fsp3) is 0.333. The predicted octanol–water partition coefficient (Wildman–Crippen LogP) is 8.38. The van der Waals surface area contributed by atoms with Crippen LogP contribution < -0.4 is 14.8 Å². The summed E-state index contributed by atoms with van der Waals surface area (Å²) < 4.78 is 180. The number of aliphatic hydroxyl groups excluding tert-OH is 1. The van der Waals surface area contributed by atoms with Gasteiger partial charge in [-0.1, -0.05) is 36.4 Å². The number of nitrogens with one attached hydrogen (secondary N) is 1. The lowest BCUT2D eigenvalue weighted by Gasteiger charge is -2.28. The van der Waals surface area contributed by atoms with Crippen LogP contribution >= 0.6 is 0 Å². The Morgan fingerprint density at radius 2 is 1.34 bits per heavy atom. The Kier molecular flexibility index (Phi) is 9.92. The van der Waals surface area contributed by atoms with Crippen LogP contribution in [-0.2, 0) is 19.0 Å². The maximum atomic E-state index is 14.4. The number of hydrogen-bond acceptors (Lipinski definition) is 4. The molecule has 0 fully saturated rings. The average molecular weight is 653 g/mol. The van der Waals surface area contributed by atoms with Gasteiger partial charge in [-0.3, -0.25) is 0 Å². The van der Waals surface area contributed by atoms with Gasteiger partial charge >= 0.3 is 30.6 Å². The summed E-state index contributed by atoms with van der Waals surface area (Å²) >= 11 is 0. The van der Waals surface area contributed by atoms with Crippen LogP contribution in [0.25, 0.3) is 0 Å². The molecule has 17 heteroatoms. The van der Waals surface area contributed by atoms with Crippen molar-refractivity contribution in [2.24, 2.45) is 0 Å². The van der Waals surface area contributed by atoms with Crippen LogP contribution in [0.1, 0.15) is 22.3 Å². The molecule has 3 aromatic rings. The maximum absolute atomic E-state index is 14.4. The Balaban J connectivity index is 1.98. The molecule has 44 heavy (non-hydrogen) atoms. The van der Waals surface area contributed by atoms with Crippen LogP contribution in [0.3, 0.4) is 0 Å². The lowest BCUT2D eigenvalue weighted by molar-refractivity contribution is -0.359. The number of halogens is 13. The number of benzene rings is 3. The number of rotatable bonds is 11. The van der Waals surface area contributed by atoms with E-state index in [1.54, 1.807) is 0 Å². The topological polar surface area (TPSA) is 50.7 Å². The molecule has 1 atom stereocenters. The van der Waals surface area contributed by atoms with Crippen molar-refractivity contribution < 1.29 is 71.7 Å². The first-order valence-corrected chi connectivity index (χ1v) is 12.1. The number of ether oxygens (including phenoxy) is 2. The summed E-state index contributed by atoms with van der Waals surface area (Å²) in [5.74, 6) is -13.0. The van der Waals surface area contributed by atoms with E-state index in [9.17, 15) is 62.2 Å². The van der Waals surface area contributed by atoms with Gasteiger partial charge in [0.15, 0.2) is 6.10 Å². The van der Waals surface area contributed by atoms with Crippen molar-refractivity contribution in [3.8, 4) is 11.5 Å². The molecule has 0 bridgehead atoms. The van der Waals surface area contributed by atoms with Gasteiger partial charge in [0.2, 0.25) is 0 Å². The Bertz CT molecular complexity index is 1420. The molecular formula is C27H20F13NO3. The van der Waals surface area contributed by atoms with Crippen LogP contribution in [0.4, 0.5) is 62.8 Å². The molecule has 0 radical (unpaired) electrons. The summed E-state index contributed by atoms with van der Waals surface area (Å²) in [5, 5.41) is 11.7. The first-order valence-electron chi connectivity index (χ1n) is 12.1. The van der Waals surface area contributed by atoms with Crippen LogP contribution in [0.2, 0.25) is 0 Å². The van der Waals surface area contributed by atoms with Crippen LogP contribution in [0.15, 0.2) is 66.7 Å². The van der Waals surface area contributed by atoms with Gasteiger partial charge in [0.25, 0.3) is 0 Å². The number of alkyl halides is 13. The normalized spacial score (nSPS) is 13.9. The molecule has 3 aromatic carbocycles. The van der Waals surface area contributed by atoms with E-state index in [-0.39, 0.29) is 28.1 Å². The molecule has 0 saturated carbocycles. The van der Waals surface area contributed by atoms with E-state index in [4.69, 9.17) is 4.74 Å². The average Bonchev–Trinajstić information content (AvgIpc) is 2.89. The highest BCUT2D eigenvalue weighted by Crippen LogP contribution is 2.52. The van der Waals surface area contributed by atoms with E-state index in [1.807, 2.05) is 0 Å². The molecule has 0 amide bonds. The minimum absolute atomic E-state index is 0.111. The van der Waals surface area contributed by atoms with Crippen molar-refractivity contribution >= 4 is 5.69 Å². The minimum atomic E-state index is -6.61. The SMILES string of the molecule is OC(CNc1cccc(OCc2cccc(OC(F)(F)F)c2)c1Cc1cccc(C(F)(F)C(F)(F)C(F)(F)F)c1)C(F)(F)F. The third-order valence-electron chi connectivity index (χ3n) is 5.94. The molecule has 0 spiro atoms. The van der Waals surface area contributed by atoms with Gasteiger partial charge in [0.05, 0.1) is 0 Å². The second-order valence-corrected chi connectivity index (χ2v) is 9.23. The van der Waals surface area contributed by atoms with Crippen LogP contribution in [-0.4, -0.2) is 42.4 Å². The van der Waals surface area contributed by atoms with Gasteiger partial charge in [-0.15, -0.1) is 13.2 Å². The van der Waals surface area contributed by atoms with E-state index in [2.05, 4.69) is 10.1 Å². The van der Waals surface area contributed by atoms with Crippen molar-refractivity contribution in [3.63, 3.8) is 0 Å². The third-order valence-corrected chi connectivity index (χ3v) is 5.94. The highest BCUT2D eigenvalue weighted by atomic mass is 19.4. The van der Waals surface area contributed by atoms with Crippen LogP contribution in [0.5, 0.6) is 11.5 Å². The molecule has 0 aliphatic heterocycles. The minimum Gasteiger partial charge on any atom is -0.489 e. The van der Waals surface area contributed by atoms with Gasteiger partial charge in [-0.05, 0) is 41.5 Å². The summed E-state index contributed by atoms with van der Waals surface area (Å²) in [5.41, 5.74) is -2.19. The molecular weight excluding hydrogens is 633 g/mol. The van der Waals surface area contributed by atoms with Gasteiger partial charge in [-0.25, -0.2) is 0 Å². The third kappa shape index (κ3) is 8.39. The first-order chi connectivity index (χ1) is 20.1. The first kappa shape index (κ1) is 34.6. The van der Waals surface area contributed by atoms with Crippen molar-refractivity contribution in [2.45, 2.75) is 49.7 Å². The Morgan fingerprint density at radius 1 is 0.727 bits per heavy atom. The van der Waals surface area contributed by atoms with Gasteiger partial charge in [0.1, 0.15) is 18.1 Å². The fourth-order valence-electron chi connectivity index (χ4n) is 3.80. The molecule has 2 N–H and O–H groups in total. The van der Waals surface area contributed by atoms with E-state index in [0.29, 0.717) is 12.1 Å². The molecule has 1 unspecified atom stereocenters. The van der Waals surface area contributed by atoms with Crippen molar-refractivity contribution in [2.75, 3.05) is 11.9 Å². The quantitative estimate of drug-likeness (QED) is 0.204. The molecule has 0 aliphatic carbocycles. The predicted molar refractivity (Wildman–Crippen MR) is 129 cm³/mol.